The third-order valence-corrected chi connectivity index (χ3v) is 4.96. The number of aromatic nitrogens is 1. The zero-order chi connectivity index (χ0) is 13.3. The third-order valence-electron chi connectivity index (χ3n) is 3.77. The largest absolute Gasteiger partial charge is 0.464 e. The smallest absolute Gasteiger partial charge is 0.357 e. The van der Waals surface area contributed by atoms with Gasteiger partial charge in [0.15, 0.2) is 5.69 Å². The Kier molecular flexibility index (Phi) is 3.73. The van der Waals surface area contributed by atoms with Crippen LogP contribution in [0.4, 0.5) is 0 Å². The summed E-state index contributed by atoms with van der Waals surface area (Å²) in [7, 11) is 1.38. The van der Waals surface area contributed by atoms with Crippen LogP contribution in [0.2, 0.25) is 0 Å². The summed E-state index contributed by atoms with van der Waals surface area (Å²) >= 11 is 1.53. The predicted octanol–water partition coefficient (Wildman–Crippen LogP) is 2.60. The van der Waals surface area contributed by atoms with Crippen LogP contribution in [0.3, 0.4) is 0 Å². The standard InChI is InChI=1S/C13H20N2O2S/c1-8-4-6-13(14,7-5-8)12-15-10(9(2)18-12)11(16)17-3/h8H,4-7,14H2,1-3H3. The van der Waals surface area contributed by atoms with Gasteiger partial charge in [0, 0.05) is 4.88 Å². The van der Waals surface area contributed by atoms with Crippen LogP contribution in [0.5, 0.6) is 0 Å². The monoisotopic (exact) mass is 268 g/mol. The van der Waals surface area contributed by atoms with Crippen molar-refractivity contribution in [2.24, 2.45) is 11.7 Å². The second kappa shape index (κ2) is 4.97. The molecular formula is C13H20N2O2S. The molecule has 1 heterocycles. The lowest BCUT2D eigenvalue weighted by Crippen LogP contribution is -2.40. The highest BCUT2D eigenvalue weighted by atomic mass is 32.1. The van der Waals surface area contributed by atoms with E-state index in [4.69, 9.17) is 10.5 Å². The molecule has 0 spiro atoms. The van der Waals surface area contributed by atoms with Gasteiger partial charge in [0.05, 0.1) is 12.6 Å². The summed E-state index contributed by atoms with van der Waals surface area (Å²) in [6, 6.07) is 0. The maximum atomic E-state index is 11.6. The van der Waals surface area contributed by atoms with Gasteiger partial charge in [-0.3, -0.25) is 0 Å². The van der Waals surface area contributed by atoms with E-state index in [1.807, 2.05) is 6.92 Å². The molecule has 100 valence electrons. The second-order valence-corrected chi connectivity index (χ2v) is 6.46. The molecule has 0 bridgehead atoms. The molecule has 5 heteroatoms. The third kappa shape index (κ3) is 2.42. The number of esters is 1. The number of ether oxygens (including phenoxy) is 1. The first-order valence-corrected chi connectivity index (χ1v) is 7.13. The molecule has 2 N–H and O–H groups in total. The van der Waals surface area contributed by atoms with E-state index in [2.05, 4.69) is 11.9 Å². The summed E-state index contributed by atoms with van der Waals surface area (Å²) in [6.07, 6.45) is 4.15. The van der Waals surface area contributed by atoms with E-state index in [0.29, 0.717) is 5.69 Å². The van der Waals surface area contributed by atoms with Crippen LogP contribution in [-0.2, 0) is 10.3 Å². The molecule has 1 aliphatic rings. The van der Waals surface area contributed by atoms with Crippen molar-refractivity contribution in [1.82, 2.24) is 4.98 Å². The van der Waals surface area contributed by atoms with E-state index >= 15 is 0 Å². The van der Waals surface area contributed by atoms with Crippen molar-refractivity contribution in [2.75, 3.05) is 7.11 Å². The zero-order valence-corrected chi connectivity index (χ0v) is 12.0. The molecule has 1 aromatic heterocycles. The summed E-state index contributed by atoms with van der Waals surface area (Å²) in [4.78, 5) is 16.9. The normalized spacial score (nSPS) is 28.1. The predicted molar refractivity (Wildman–Crippen MR) is 71.7 cm³/mol. The van der Waals surface area contributed by atoms with Gasteiger partial charge in [-0.1, -0.05) is 6.92 Å². The molecule has 4 nitrogen and oxygen atoms in total. The fourth-order valence-corrected chi connectivity index (χ4v) is 3.45. The summed E-state index contributed by atoms with van der Waals surface area (Å²) in [5.41, 5.74) is 6.53. The minimum Gasteiger partial charge on any atom is -0.464 e. The Hall–Kier alpha value is -0.940. The van der Waals surface area contributed by atoms with Crippen LogP contribution in [-0.4, -0.2) is 18.1 Å². The van der Waals surface area contributed by atoms with Crippen LogP contribution < -0.4 is 5.73 Å². The number of methoxy groups -OCH3 is 1. The van der Waals surface area contributed by atoms with Gasteiger partial charge < -0.3 is 10.5 Å². The first-order chi connectivity index (χ1) is 8.46. The Bertz CT molecular complexity index is 448. The maximum absolute atomic E-state index is 11.6. The Labute approximate surface area is 112 Å². The van der Waals surface area contributed by atoms with Gasteiger partial charge in [0.25, 0.3) is 0 Å². The number of hydrogen-bond donors (Lipinski definition) is 1. The number of nitrogens with zero attached hydrogens (tertiary/aromatic N) is 1. The molecule has 1 aliphatic carbocycles. The van der Waals surface area contributed by atoms with Crippen molar-refractivity contribution >= 4 is 17.3 Å². The average Bonchev–Trinajstić information content (AvgIpc) is 2.75. The van der Waals surface area contributed by atoms with Crippen LogP contribution in [0, 0.1) is 12.8 Å². The molecule has 0 atom stereocenters. The highest BCUT2D eigenvalue weighted by Gasteiger charge is 2.35. The molecular weight excluding hydrogens is 248 g/mol. The molecule has 0 radical (unpaired) electrons. The Balaban J connectivity index is 2.26. The van der Waals surface area contributed by atoms with Crippen LogP contribution in [0.1, 0.15) is 53.0 Å². The van der Waals surface area contributed by atoms with Crippen LogP contribution in [0.15, 0.2) is 0 Å². The molecule has 0 unspecified atom stereocenters. The van der Waals surface area contributed by atoms with Crippen molar-refractivity contribution in [2.45, 2.75) is 45.1 Å². The lowest BCUT2D eigenvalue weighted by atomic mass is 9.78. The molecule has 0 aliphatic heterocycles. The van der Waals surface area contributed by atoms with Gasteiger partial charge in [-0.25, -0.2) is 9.78 Å². The Morgan fingerprint density at radius 2 is 2.11 bits per heavy atom. The molecule has 1 fully saturated rings. The first kappa shape index (κ1) is 13.5. The fraction of sp³-hybridized carbons (Fsp3) is 0.692. The Morgan fingerprint density at radius 1 is 1.50 bits per heavy atom. The van der Waals surface area contributed by atoms with Crippen LogP contribution >= 0.6 is 11.3 Å². The maximum Gasteiger partial charge on any atom is 0.357 e. The molecule has 0 amide bonds. The second-order valence-electron chi connectivity index (χ2n) is 5.25. The number of carbonyl (C=O) groups excluding carboxylic acids is 1. The van der Waals surface area contributed by atoms with Crippen molar-refractivity contribution in [1.29, 1.82) is 0 Å². The van der Waals surface area contributed by atoms with E-state index in [1.54, 1.807) is 0 Å². The van der Waals surface area contributed by atoms with Gasteiger partial charge in [-0.15, -0.1) is 11.3 Å². The minimum absolute atomic E-state index is 0.353. The van der Waals surface area contributed by atoms with E-state index in [-0.39, 0.29) is 11.5 Å². The van der Waals surface area contributed by atoms with Crippen molar-refractivity contribution < 1.29 is 9.53 Å². The van der Waals surface area contributed by atoms with E-state index < -0.39 is 0 Å². The van der Waals surface area contributed by atoms with Crippen LogP contribution in [0.25, 0.3) is 0 Å². The topological polar surface area (TPSA) is 65.2 Å². The number of carbonyl (C=O) groups is 1. The summed E-state index contributed by atoms with van der Waals surface area (Å²) in [5, 5.41) is 0.882. The van der Waals surface area contributed by atoms with Gasteiger partial charge in [-0.05, 0) is 38.5 Å². The lowest BCUT2D eigenvalue weighted by Gasteiger charge is -2.34. The van der Waals surface area contributed by atoms with Crippen molar-refractivity contribution in [3.63, 3.8) is 0 Å². The highest BCUT2D eigenvalue weighted by molar-refractivity contribution is 7.12. The molecule has 2 rings (SSSR count). The molecule has 1 aromatic rings. The van der Waals surface area contributed by atoms with Gasteiger partial charge in [0.2, 0.25) is 0 Å². The quantitative estimate of drug-likeness (QED) is 0.837. The van der Waals surface area contributed by atoms with Crippen molar-refractivity contribution in [3.8, 4) is 0 Å². The SMILES string of the molecule is COC(=O)c1nc(C2(N)CCC(C)CC2)sc1C. The molecule has 18 heavy (non-hydrogen) atoms. The molecule has 0 aromatic carbocycles. The van der Waals surface area contributed by atoms with Crippen molar-refractivity contribution in [3.05, 3.63) is 15.6 Å². The summed E-state index contributed by atoms with van der Waals surface area (Å²) < 4.78 is 4.73. The number of nitrogens with two attached hydrogens (primary N) is 1. The number of hydrogen-bond acceptors (Lipinski definition) is 5. The van der Waals surface area contributed by atoms with Gasteiger partial charge >= 0.3 is 5.97 Å². The average molecular weight is 268 g/mol. The Morgan fingerprint density at radius 3 is 2.67 bits per heavy atom. The van der Waals surface area contributed by atoms with Gasteiger partial charge in [0.1, 0.15) is 5.01 Å². The van der Waals surface area contributed by atoms with E-state index in [9.17, 15) is 4.79 Å². The highest BCUT2D eigenvalue weighted by Crippen LogP contribution is 2.39. The first-order valence-electron chi connectivity index (χ1n) is 6.31. The number of aryl methyl sites for hydroxylation is 1. The van der Waals surface area contributed by atoms with E-state index in [0.717, 1.165) is 41.5 Å². The number of rotatable bonds is 2. The lowest BCUT2D eigenvalue weighted by molar-refractivity contribution is 0.0593. The molecule has 1 saturated carbocycles. The van der Waals surface area contributed by atoms with E-state index in [1.165, 1.54) is 18.4 Å². The molecule has 0 saturated heterocycles. The fourth-order valence-electron chi connectivity index (χ4n) is 2.39. The minimum atomic E-state index is -0.372. The zero-order valence-electron chi connectivity index (χ0n) is 11.2. The van der Waals surface area contributed by atoms with Gasteiger partial charge in [-0.2, -0.15) is 0 Å². The summed E-state index contributed by atoms with van der Waals surface area (Å²) in [5.74, 6) is 0.366. The summed E-state index contributed by atoms with van der Waals surface area (Å²) in [6.45, 7) is 4.15. The number of thiazole rings is 1.